The third-order valence-corrected chi connectivity index (χ3v) is 7.26. The first-order chi connectivity index (χ1) is 16.2. The summed E-state index contributed by atoms with van der Waals surface area (Å²) in [5.41, 5.74) is 2.58. The van der Waals surface area contributed by atoms with Gasteiger partial charge in [-0.3, -0.25) is 0 Å². The Balaban J connectivity index is 0.000000188. The van der Waals surface area contributed by atoms with Crippen molar-refractivity contribution in [3.63, 3.8) is 0 Å². The van der Waals surface area contributed by atoms with E-state index in [0.717, 1.165) is 36.1 Å². The van der Waals surface area contributed by atoms with E-state index in [0.29, 0.717) is 12.7 Å². The molecule has 0 N–H and O–H groups in total. The lowest BCUT2D eigenvalue weighted by molar-refractivity contribution is 0.131. The van der Waals surface area contributed by atoms with E-state index in [1.807, 2.05) is 19.9 Å². The fourth-order valence-electron chi connectivity index (χ4n) is 5.33. The average Bonchev–Trinajstić information content (AvgIpc) is 3.28. The fourth-order valence-corrected chi connectivity index (χ4v) is 5.33. The molecule has 4 heteroatoms. The summed E-state index contributed by atoms with van der Waals surface area (Å²) in [5, 5.41) is 0. The van der Waals surface area contributed by atoms with Crippen molar-refractivity contribution >= 4 is 0 Å². The number of hydrogen-bond acceptors (Lipinski definition) is 4. The van der Waals surface area contributed by atoms with Crippen LogP contribution in [0.15, 0.2) is 41.7 Å². The van der Waals surface area contributed by atoms with Crippen LogP contribution in [0.1, 0.15) is 96.5 Å². The zero-order valence-corrected chi connectivity index (χ0v) is 21.4. The molecule has 0 aromatic heterocycles. The second-order valence-corrected chi connectivity index (χ2v) is 9.35. The molecule has 1 atom stereocenters. The molecule has 4 nitrogen and oxygen atoms in total. The van der Waals surface area contributed by atoms with E-state index in [-0.39, 0.29) is 0 Å². The zero-order valence-electron chi connectivity index (χ0n) is 21.4. The van der Waals surface area contributed by atoms with E-state index in [1.165, 1.54) is 75.6 Å². The van der Waals surface area contributed by atoms with Crippen LogP contribution >= 0.6 is 0 Å². The van der Waals surface area contributed by atoms with E-state index in [2.05, 4.69) is 36.1 Å². The number of allylic oxidation sites excluding steroid dienone is 3. The van der Waals surface area contributed by atoms with Gasteiger partial charge in [-0.15, -0.1) is 0 Å². The normalized spacial score (nSPS) is 23.1. The molecule has 1 saturated heterocycles. The molecule has 2 heterocycles. The molecule has 0 bridgehead atoms. The summed E-state index contributed by atoms with van der Waals surface area (Å²) < 4.78 is 16.2. The van der Waals surface area contributed by atoms with Crippen LogP contribution in [0.3, 0.4) is 0 Å². The number of methoxy groups -OCH3 is 1. The average molecular weight is 456 g/mol. The van der Waals surface area contributed by atoms with Gasteiger partial charge < -0.3 is 19.1 Å². The molecule has 1 unspecified atom stereocenters. The molecule has 4 aliphatic rings. The molecule has 2 fully saturated rings. The Kier molecular flexibility index (Phi) is 10.7. The number of ether oxygens (including phenoxy) is 3. The van der Waals surface area contributed by atoms with E-state index in [9.17, 15) is 0 Å². The number of likely N-dealkylation sites (tertiary alicyclic amines) is 1. The van der Waals surface area contributed by atoms with Gasteiger partial charge in [-0.25, -0.2) is 0 Å². The molecule has 1 saturated carbocycles. The fraction of sp³-hybridized carbons (Fsp3) is 0.655. The second kappa shape index (κ2) is 13.7. The van der Waals surface area contributed by atoms with Crippen LogP contribution in [0.25, 0.3) is 0 Å². The van der Waals surface area contributed by atoms with Gasteiger partial charge in [0.15, 0.2) is 11.5 Å². The van der Waals surface area contributed by atoms with Gasteiger partial charge >= 0.3 is 0 Å². The summed E-state index contributed by atoms with van der Waals surface area (Å²) in [6.07, 6.45) is 18.3. The Morgan fingerprint density at radius 2 is 1.58 bits per heavy atom. The third-order valence-electron chi connectivity index (χ3n) is 7.26. The van der Waals surface area contributed by atoms with Gasteiger partial charge in [0, 0.05) is 12.0 Å². The molecule has 0 radical (unpaired) electrons. The van der Waals surface area contributed by atoms with E-state index >= 15 is 0 Å². The lowest BCUT2D eigenvalue weighted by Crippen LogP contribution is -2.40. The molecule has 0 amide bonds. The SMILES string of the molecule is C1CCC(N2CCCCC2)CC1.CC.COC1=C(C)CCC(c2ccc3c(c2)OCO3)C=C1. The molecule has 1 aromatic carbocycles. The molecule has 184 valence electrons. The molecular weight excluding hydrogens is 410 g/mol. The second-order valence-electron chi connectivity index (χ2n) is 9.35. The smallest absolute Gasteiger partial charge is 0.231 e. The lowest BCUT2D eigenvalue weighted by Gasteiger charge is -2.36. The van der Waals surface area contributed by atoms with Gasteiger partial charge in [-0.1, -0.05) is 51.7 Å². The van der Waals surface area contributed by atoms with Crippen LogP contribution in [-0.4, -0.2) is 37.9 Å². The van der Waals surface area contributed by atoms with Crippen molar-refractivity contribution in [1.29, 1.82) is 0 Å². The maximum absolute atomic E-state index is 5.44. The molecular formula is C29H45NO3. The Hall–Kier alpha value is -1.94. The number of hydrogen-bond donors (Lipinski definition) is 0. The van der Waals surface area contributed by atoms with Crippen molar-refractivity contribution in [2.75, 3.05) is 27.0 Å². The van der Waals surface area contributed by atoms with E-state index in [1.54, 1.807) is 7.11 Å². The first-order valence-corrected chi connectivity index (χ1v) is 13.3. The molecule has 2 aliphatic carbocycles. The summed E-state index contributed by atoms with van der Waals surface area (Å²) in [6.45, 7) is 9.24. The summed E-state index contributed by atoms with van der Waals surface area (Å²) >= 11 is 0. The number of fused-ring (bicyclic) bond motifs is 1. The van der Waals surface area contributed by atoms with E-state index < -0.39 is 0 Å². The predicted octanol–water partition coefficient (Wildman–Crippen LogP) is 7.60. The van der Waals surface area contributed by atoms with Gasteiger partial charge in [0.05, 0.1) is 7.11 Å². The van der Waals surface area contributed by atoms with Crippen LogP contribution in [0.5, 0.6) is 11.5 Å². The predicted molar refractivity (Wildman–Crippen MR) is 137 cm³/mol. The standard InChI is InChI=1S/C16H18O3.C11H21N.C2H6/c1-11-3-4-12(5-7-14(11)17-2)13-6-8-15-16(9-13)19-10-18-15;1-3-7-11(8-4-1)12-9-5-2-6-10-12;1-2/h5-9,12H,3-4,10H2,1-2H3;11H,1-10H2;1-2H3. The summed E-state index contributed by atoms with van der Waals surface area (Å²) in [6, 6.07) is 7.17. The monoisotopic (exact) mass is 455 g/mol. The Bertz CT molecular complexity index is 757. The molecule has 0 spiro atoms. The lowest BCUT2D eigenvalue weighted by atomic mass is 9.93. The largest absolute Gasteiger partial charge is 0.497 e. The van der Waals surface area contributed by atoms with Crippen LogP contribution in [-0.2, 0) is 4.74 Å². The maximum Gasteiger partial charge on any atom is 0.231 e. The van der Waals surface area contributed by atoms with Crippen molar-refractivity contribution in [1.82, 2.24) is 4.90 Å². The van der Waals surface area contributed by atoms with Gasteiger partial charge in [-0.05, 0) is 87.9 Å². The highest BCUT2D eigenvalue weighted by atomic mass is 16.7. The van der Waals surface area contributed by atoms with E-state index in [4.69, 9.17) is 14.2 Å². The van der Waals surface area contributed by atoms with Gasteiger partial charge in [0.1, 0.15) is 5.76 Å². The minimum Gasteiger partial charge on any atom is -0.497 e. The third kappa shape index (κ3) is 7.27. The highest BCUT2D eigenvalue weighted by Gasteiger charge is 2.22. The first-order valence-electron chi connectivity index (χ1n) is 13.3. The Morgan fingerprint density at radius 1 is 0.879 bits per heavy atom. The highest BCUT2D eigenvalue weighted by Crippen LogP contribution is 2.37. The van der Waals surface area contributed by atoms with Crippen molar-refractivity contribution in [2.24, 2.45) is 0 Å². The summed E-state index contributed by atoms with van der Waals surface area (Å²) in [7, 11) is 1.73. The maximum atomic E-state index is 5.44. The zero-order chi connectivity index (χ0) is 23.5. The number of rotatable bonds is 3. The van der Waals surface area contributed by atoms with Crippen molar-refractivity contribution < 1.29 is 14.2 Å². The van der Waals surface area contributed by atoms with Gasteiger partial charge in [-0.2, -0.15) is 0 Å². The first kappa shape index (κ1) is 25.7. The minimum absolute atomic E-state index is 0.327. The number of nitrogens with zero attached hydrogens (tertiary/aromatic N) is 1. The van der Waals surface area contributed by atoms with Gasteiger partial charge in [0.25, 0.3) is 0 Å². The van der Waals surface area contributed by atoms with Gasteiger partial charge in [0.2, 0.25) is 6.79 Å². The number of benzene rings is 1. The highest BCUT2D eigenvalue weighted by molar-refractivity contribution is 5.46. The minimum atomic E-state index is 0.327. The Morgan fingerprint density at radius 3 is 2.30 bits per heavy atom. The van der Waals surface area contributed by atoms with Crippen LogP contribution in [0.4, 0.5) is 0 Å². The topological polar surface area (TPSA) is 30.9 Å². The quantitative estimate of drug-likeness (QED) is 0.469. The molecule has 33 heavy (non-hydrogen) atoms. The molecule has 1 aromatic rings. The van der Waals surface area contributed by atoms with Crippen LogP contribution < -0.4 is 9.47 Å². The van der Waals surface area contributed by atoms with Crippen LogP contribution in [0, 0.1) is 0 Å². The molecule has 5 rings (SSSR count). The van der Waals surface area contributed by atoms with Crippen molar-refractivity contribution in [2.45, 2.75) is 96.9 Å². The van der Waals surface area contributed by atoms with Crippen molar-refractivity contribution in [3.05, 3.63) is 47.2 Å². The number of piperidine rings is 1. The summed E-state index contributed by atoms with van der Waals surface area (Å²) in [4.78, 5) is 2.75. The Labute approximate surface area is 202 Å². The summed E-state index contributed by atoms with van der Waals surface area (Å²) in [5.74, 6) is 3.08. The molecule has 2 aliphatic heterocycles. The van der Waals surface area contributed by atoms with Crippen molar-refractivity contribution in [3.8, 4) is 11.5 Å². The van der Waals surface area contributed by atoms with Crippen LogP contribution in [0.2, 0.25) is 0 Å².